The summed E-state index contributed by atoms with van der Waals surface area (Å²) in [6.45, 7) is 5.84. The average molecular weight is 253 g/mol. The summed E-state index contributed by atoms with van der Waals surface area (Å²) in [5, 5.41) is 0.114. The van der Waals surface area contributed by atoms with Gasteiger partial charge in [-0.2, -0.15) is 0 Å². The van der Waals surface area contributed by atoms with E-state index in [1.54, 1.807) is 11.8 Å². The lowest BCUT2D eigenvalue weighted by molar-refractivity contribution is -0.124. The summed E-state index contributed by atoms with van der Waals surface area (Å²) in [6, 6.07) is 5.93. The number of nitrogens with one attached hydrogen (secondary N) is 1. The van der Waals surface area contributed by atoms with Gasteiger partial charge in [-0.25, -0.2) is 5.84 Å². The highest BCUT2D eigenvalue weighted by Crippen LogP contribution is 2.32. The summed E-state index contributed by atoms with van der Waals surface area (Å²) in [5.74, 6) is 4.80. The number of nitrogen functional groups attached to an aromatic ring is 1. The fourth-order valence-electron chi connectivity index (χ4n) is 1.42. The first-order valence-corrected chi connectivity index (χ1v) is 6.37. The molecule has 5 N–H and O–H groups in total. The first-order chi connectivity index (χ1) is 7.95. The van der Waals surface area contributed by atoms with Crippen LogP contribution in [0.4, 0.5) is 5.69 Å². The van der Waals surface area contributed by atoms with E-state index in [0.29, 0.717) is 0 Å². The summed E-state index contributed by atoms with van der Waals surface area (Å²) in [6.07, 6.45) is 0. The van der Waals surface area contributed by atoms with Crippen LogP contribution in [0.3, 0.4) is 0 Å². The van der Waals surface area contributed by atoms with E-state index >= 15 is 0 Å². The van der Waals surface area contributed by atoms with Crippen LogP contribution in [0.5, 0.6) is 0 Å². The number of hydrazine groups is 1. The first-order valence-electron chi connectivity index (χ1n) is 5.49. The smallest absolute Gasteiger partial charge is 0.237 e. The Balaban J connectivity index is 2.74. The predicted octanol–water partition coefficient (Wildman–Crippen LogP) is 1.68. The van der Waals surface area contributed by atoms with Crippen molar-refractivity contribution in [2.24, 2.45) is 11.8 Å². The lowest BCUT2D eigenvalue weighted by Crippen LogP contribution is -2.38. The molecule has 0 radical (unpaired) electrons. The third-order valence-electron chi connectivity index (χ3n) is 2.74. The fourth-order valence-corrected chi connectivity index (χ4v) is 2.49. The van der Waals surface area contributed by atoms with Crippen molar-refractivity contribution in [2.45, 2.75) is 30.9 Å². The van der Waals surface area contributed by atoms with Crippen LogP contribution in [0.25, 0.3) is 0 Å². The number of benzene rings is 1. The van der Waals surface area contributed by atoms with Crippen LogP contribution in [0, 0.1) is 12.8 Å². The number of amides is 1. The molecule has 0 aliphatic rings. The van der Waals surface area contributed by atoms with Crippen molar-refractivity contribution in [1.82, 2.24) is 5.43 Å². The van der Waals surface area contributed by atoms with Gasteiger partial charge >= 0.3 is 0 Å². The van der Waals surface area contributed by atoms with E-state index in [-0.39, 0.29) is 17.1 Å². The van der Waals surface area contributed by atoms with Crippen molar-refractivity contribution < 1.29 is 4.79 Å². The molecular weight excluding hydrogens is 234 g/mol. The van der Waals surface area contributed by atoms with E-state index in [2.05, 4.69) is 5.43 Å². The number of aryl methyl sites for hydroxylation is 1. The van der Waals surface area contributed by atoms with Crippen LogP contribution in [0.1, 0.15) is 19.4 Å². The van der Waals surface area contributed by atoms with Gasteiger partial charge in [-0.15, -0.1) is 11.8 Å². The van der Waals surface area contributed by atoms with Crippen LogP contribution in [0.15, 0.2) is 23.1 Å². The number of thioether (sulfide) groups is 1. The fraction of sp³-hybridized carbons (Fsp3) is 0.417. The molecule has 0 saturated carbocycles. The van der Waals surface area contributed by atoms with E-state index in [1.807, 2.05) is 39.0 Å². The van der Waals surface area contributed by atoms with Crippen molar-refractivity contribution in [3.63, 3.8) is 0 Å². The summed E-state index contributed by atoms with van der Waals surface area (Å²) >= 11 is 1.59. The minimum atomic E-state index is -0.161. The Morgan fingerprint density at radius 1 is 1.41 bits per heavy atom. The predicted molar refractivity (Wildman–Crippen MR) is 72.4 cm³/mol. The molecule has 5 heteroatoms. The number of hydrogen-bond acceptors (Lipinski definition) is 4. The Labute approximate surface area is 106 Å². The standard InChI is InChI=1S/C12H19N3OS/c1-7-4-5-11(10(13)6-7)17-9(3)8(2)12(16)15-14/h4-6,8-9H,13-14H2,1-3H3,(H,15,16). The first kappa shape index (κ1) is 13.9. The molecule has 1 aromatic carbocycles. The Morgan fingerprint density at radius 2 is 2.06 bits per heavy atom. The molecule has 1 rings (SSSR count). The number of nitrogens with two attached hydrogens (primary N) is 2. The minimum Gasteiger partial charge on any atom is -0.398 e. The molecular formula is C12H19N3OS. The quantitative estimate of drug-likeness (QED) is 0.251. The summed E-state index contributed by atoms with van der Waals surface area (Å²) < 4.78 is 0. The van der Waals surface area contributed by atoms with Crippen molar-refractivity contribution in [2.75, 3.05) is 5.73 Å². The van der Waals surface area contributed by atoms with E-state index in [0.717, 1.165) is 16.1 Å². The molecule has 1 amide bonds. The topological polar surface area (TPSA) is 81.1 Å². The molecule has 2 unspecified atom stereocenters. The maximum atomic E-state index is 11.4. The zero-order valence-corrected chi connectivity index (χ0v) is 11.2. The van der Waals surface area contributed by atoms with Gasteiger partial charge in [0.25, 0.3) is 0 Å². The monoisotopic (exact) mass is 253 g/mol. The molecule has 0 saturated heterocycles. The Morgan fingerprint density at radius 3 is 2.59 bits per heavy atom. The molecule has 2 atom stereocenters. The Bertz CT molecular complexity index is 409. The Kier molecular flexibility index (Phi) is 4.84. The highest BCUT2D eigenvalue weighted by Gasteiger charge is 2.20. The van der Waals surface area contributed by atoms with E-state index in [4.69, 9.17) is 11.6 Å². The SMILES string of the molecule is Cc1ccc(SC(C)C(C)C(=O)NN)c(N)c1. The Hall–Kier alpha value is -1.20. The number of anilines is 1. The minimum absolute atomic E-state index is 0.114. The highest BCUT2D eigenvalue weighted by molar-refractivity contribution is 8.00. The van der Waals surface area contributed by atoms with E-state index < -0.39 is 0 Å². The van der Waals surface area contributed by atoms with E-state index in [1.165, 1.54) is 0 Å². The molecule has 0 fully saturated rings. The lowest BCUT2D eigenvalue weighted by atomic mass is 10.1. The molecule has 0 aromatic heterocycles. The average Bonchev–Trinajstić information content (AvgIpc) is 2.30. The second kappa shape index (κ2) is 5.93. The zero-order valence-electron chi connectivity index (χ0n) is 10.4. The van der Waals surface area contributed by atoms with Gasteiger partial charge in [-0.05, 0) is 24.6 Å². The largest absolute Gasteiger partial charge is 0.398 e. The van der Waals surface area contributed by atoms with Crippen molar-refractivity contribution >= 4 is 23.4 Å². The second-order valence-corrected chi connectivity index (χ2v) is 5.58. The van der Waals surface area contributed by atoms with Gasteiger partial charge < -0.3 is 5.73 Å². The second-order valence-electron chi connectivity index (χ2n) is 4.16. The van der Waals surface area contributed by atoms with Crippen LogP contribution < -0.4 is 17.0 Å². The summed E-state index contributed by atoms with van der Waals surface area (Å²) in [7, 11) is 0. The molecule has 4 nitrogen and oxygen atoms in total. The van der Waals surface area contributed by atoms with Gasteiger partial charge in [0.1, 0.15) is 0 Å². The molecule has 1 aromatic rings. The molecule has 94 valence electrons. The molecule has 17 heavy (non-hydrogen) atoms. The third-order valence-corrected chi connectivity index (χ3v) is 4.14. The van der Waals surface area contributed by atoms with Gasteiger partial charge in [0, 0.05) is 21.8 Å². The number of rotatable bonds is 4. The van der Waals surface area contributed by atoms with Crippen LogP contribution in [-0.2, 0) is 4.79 Å². The van der Waals surface area contributed by atoms with Crippen LogP contribution in [0.2, 0.25) is 0 Å². The normalized spacial score (nSPS) is 14.1. The molecule has 0 heterocycles. The van der Waals surface area contributed by atoms with Gasteiger partial charge in [0.2, 0.25) is 5.91 Å². The summed E-state index contributed by atoms with van der Waals surface area (Å²) in [5.41, 5.74) is 9.99. The van der Waals surface area contributed by atoms with Crippen LogP contribution in [-0.4, -0.2) is 11.2 Å². The highest BCUT2D eigenvalue weighted by atomic mass is 32.2. The van der Waals surface area contributed by atoms with Crippen molar-refractivity contribution in [3.8, 4) is 0 Å². The molecule has 0 aliphatic carbocycles. The maximum absolute atomic E-state index is 11.4. The van der Waals surface area contributed by atoms with Crippen molar-refractivity contribution in [1.29, 1.82) is 0 Å². The molecule has 0 spiro atoms. The van der Waals surface area contributed by atoms with Crippen molar-refractivity contribution in [3.05, 3.63) is 23.8 Å². The zero-order chi connectivity index (χ0) is 13.0. The van der Waals surface area contributed by atoms with Gasteiger partial charge in [-0.1, -0.05) is 19.9 Å². The van der Waals surface area contributed by atoms with Crippen LogP contribution >= 0.6 is 11.8 Å². The number of carbonyl (C=O) groups excluding carboxylic acids is 1. The van der Waals surface area contributed by atoms with E-state index in [9.17, 15) is 4.79 Å². The lowest BCUT2D eigenvalue weighted by Gasteiger charge is -2.18. The number of hydrogen-bond donors (Lipinski definition) is 3. The molecule has 0 aliphatic heterocycles. The van der Waals surface area contributed by atoms with Gasteiger partial charge in [0.05, 0.1) is 0 Å². The van der Waals surface area contributed by atoms with Gasteiger partial charge in [0.15, 0.2) is 0 Å². The van der Waals surface area contributed by atoms with Gasteiger partial charge in [-0.3, -0.25) is 10.2 Å². The maximum Gasteiger partial charge on any atom is 0.237 e. The summed E-state index contributed by atoms with van der Waals surface area (Å²) in [4.78, 5) is 12.4. The number of carbonyl (C=O) groups is 1. The third kappa shape index (κ3) is 3.64. The molecule has 0 bridgehead atoms.